The predicted octanol–water partition coefficient (Wildman–Crippen LogP) is 6.50. The normalized spacial score (nSPS) is 13.5. The summed E-state index contributed by atoms with van der Waals surface area (Å²) in [5.41, 5.74) is 4.76. The molecule has 4 rings (SSSR count). The zero-order valence-corrected chi connectivity index (χ0v) is 22.2. The van der Waals surface area contributed by atoms with Gasteiger partial charge in [0.1, 0.15) is 6.61 Å². The van der Waals surface area contributed by atoms with Crippen molar-refractivity contribution >= 4 is 23.5 Å². The summed E-state index contributed by atoms with van der Waals surface area (Å²) in [5, 5.41) is 0. The van der Waals surface area contributed by atoms with E-state index in [0.717, 1.165) is 61.4 Å². The highest BCUT2D eigenvalue weighted by atomic mass is 16.5. The van der Waals surface area contributed by atoms with Crippen LogP contribution in [0.15, 0.2) is 71.7 Å². The molecule has 3 aromatic rings. The van der Waals surface area contributed by atoms with Crippen molar-refractivity contribution in [3.8, 4) is 11.5 Å². The van der Waals surface area contributed by atoms with E-state index in [-0.39, 0.29) is 5.91 Å². The number of likely N-dealkylation sites (tertiary alicyclic amines) is 1. The van der Waals surface area contributed by atoms with Crippen LogP contribution in [0.4, 0.5) is 11.4 Å². The van der Waals surface area contributed by atoms with Crippen molar-refractivity contribution in [2.45, 2.75) is 39.7 Å². The van der Waals surface area contributed by atoms with Crippen LogP contribution in [0.1, 0.15) is 54.6 Å². The Hall–Kier alpha value is -3.80. The number of nitrogens with zero attached hydrogens (tertiary/aromatic N) is 3. The molecule has 1 saturated heterocycles. The number of hydrogen-bond donors (Lipinski definition) is 0. The van der Waals surface area contributed by atoms with Crippen LogP contribution in [0, 0.1) is 0 Å². The third-order valence-electron chi connectivity index (χ3n) is 6.77. The van der Waals surface area contributed by atoms with Gasteiger partial charge < -0.3 is 19.3 Å². The van der Waals surface area contributed by atoms with Gasteiger partial charge in [-0.1, -0.05) is 12.1 Å². The Morgan fingerprint density at radius 1 is 0.919 bits per heavy atom. The third kappa shape index (κ3) is 6.91. The number of hydrogen-bond acceptors (Lipinski definition) is 5. The summed E-state index contributed by atoms with van der Waals surface area (Å²) in [7, 11) is 1.63. The molecule has 6 heteroatoms. The Balaban J connectivity index is 1.35. The van der Waals surface area contributed by atoms with Crippen molar-refractivity contribution in [1.29, 1.82) is 0 Å². The van der Waals surface area contributed by atoms with Crippen LogP contribution in [0.25, 0.3) is 0 Å². The number of methoxy groups -OCH3 is 1. The third-order valence-corrected chi connectivity index (χ3v) is 6.77. The van der Waals surface area contributed by atoms with Gasteiger partial charge in [-0.25, -0.2) is 0 Å². The molecule has 0 atom stereocenters. The summed E-state index contributed by atoms with van der Waals surface area (Å²) in [6.07, 6.45) is 5.22. The summed E-state index contributed by atoms with van der Waals surface area (Å²) in [6.45, 7) is 8.38. The summed E-state index contributed by atoms with van der Waals surface area (Å²) in [5.74, 6) is 1.43. The molecule has 3 aromatic carbocycles. The van der Waals surface area contributed by atoms with Gasteiger partial charge in [0.25, 0.3) is 5.91 Å². The second-order valence-electron chi connectivity index (χ2n) is 9.20. The van der Waals surface area contributed by atoms with E-state index in [1.54, 1.807) is 7.11 Å². The van der Waals surface area contributed by atoms with Crippen LogP contribution in [0.5, 0.6) is 11.5 Å². The molecule has 0 bridgehead atoms. The van der Waals surface area contributed by atoms with Crippen LogP contribution in [0.2, 0.25) is 0 Å². The van der Waals surface area contributed by atoms with E-state index in [4.69, 9.17) is 9.47 Å². The predicted molar refractivity (Wildman–Crippen MR) is 151 cm³/mol. The number of anilines is 1. The first-order chi connectivity index (χ1) is 18.1. The van der Waals surface area contributed by atoms with Crippen molar-refractivity contribution in [3.05, 3.63) is 83.4 Å². The van der Waals surface area contributed by atoms with Gasteiger partial charge in [-0.3, -0.25) is 9.79 Å². The zero-order chi connectivity index (χ0) is 26.0. The number of aliphatic imine (C=N–C) groups is 1. The van der Waals surface area contributed by atoms with Crippen molar-refractivity contribution in [3.63, 3.8) is 0 Å². The quantitative estimate of drug-likeness (QED) is 0.299. The van der Waals surface area contributed by atoms with Gasteiger partial charge in [0.05, 0.1) is 12.8 Å². The number of amides is 1. The smallest absolute Gasteiger partial charge is 0.253 e. The lowest BCUT2D eigenvalue weighted by Crippen LogP contribution is -2.35. The maximum Gasteiger partial charge on any atom is 0.253 e. The molecule has 0 saturated carbocycles. The highest BCUT2D eigenvalue weighted by Crippen LogP contribution is 2.29. The standard InChI is InChI=1S/C31H37N3O3/c1-4-33(5-2)28-16-14-27(15-17-28)32-22-25-11-18-29(30(21-25)36-3)37-23-24-9-12-26(13-10-24)31(35)34-19-7-6-8-20-34/h9-18,21-22H,4-8,19-20,23H2,1-3H3. The number of benzene rings is 3. The minimum Gasteiger partial charge on any atom is -0.493 e. The van der Waals surface area contributed by atoms with E-state index >= 15 is 0 Å². The Labute approximate surface area is 220 Å². The number of piperidine rings is 1. The minimum atomic E-state index is 0.117. The van der Waals surface area contributed by atoms with E-state index < -0.39 is 0 Å². The summed E-state index contributed by atoms with van der Waals surface area (Å²) in [4.78, 5) is 21.6. The Bertz CT molecular complexity index is 1180. The number of carbonyl (C=O) groups is 1. The molecule has 0 aliphatic carbocycles. The highest BCUT2D eigenvalue weighted by Gasteiger charge is 2.18. The number of ether oxygens (including phenoxy) is 2. The monoisotopic (exact) mass is 499 g/mol. The lowest BCUT2D eigenvalue weighted by Gasteiger charge is -2.26. The average molecular weight is 500 g/mol. The van der Waals surface area contributed by atoms with Crippen LogP contribution >= 0.6 is 0 Å². The average Bonchev–Trinajstić information content (AvgIpc) is 2.96. The van der Waals surface area contributed by atoms with Gasteiger partial charge in [-0.2, -0.15) is 0 Å². The maximum absolute atomic E-state index is 12.7. The number of rotatable bonds is 10. The Morgan fingerprint density at radius 3 is 2.27 bits per heavy atom. The van der Waals surface area contributed by atoms with Crippen molar-refractivity contribution in [2.24, 2.45) is 4.99 Å². The summed E-state index contributed by atoms with van der Waals surface area (Å²) >= 11 is 0. The van der Waals surface area contributed by atoms with Gasteiger partial charge in [-0.05, 0) is 98.8 Å². The molecule has 1 heterocycles. The second-order valence-corrected chi connectivity index (χ2v) is 9.20. The minimum absolute atomic E-state index is 0.117. The van der Waals surface area contributed by atoms with Crippen molar-refractivity contribution < 1.29 is 14.3 Å². The summed E-state index contributed by atoms with van der Waals surface area (Å²) < 4.78 is 11.6. The molecule has 0 aromatic heterocycles. The van der Waals surface area contributed by atoms with Gasteiger partial charge in [0.15, 0.2) is 11.5 Å². The van der Waals surface area contributed by atoms with Gasteiger partial charge in [0.2, 0.25) is 0 Å². The molecule has 0 unspecified atom stereocenters. The Morgan fingerprint density at radius 2 is 1.62 bits per heavy atom. The van der Waals surface area contributed by atoms with Gasteiger partial charge in [0, 0.05) is 43.6 Å². The summed E-state index contributed by atoms with van der Waals surface area (Å²) in [6, 6.07) is 21.7. The van der Waals surface area contributed by atoms with Crippen molar-refractivity contribution in [2.75, 3.05) is 38.2 Å². The molecular weight excluding hydrogens is 462 g/mol. The van der Waals surface area contributed by atoms with Crippen LogP contribution in [-0.2, 0) is 6.61 Å². The molecule has 1 aliphatic rings. The molecule has 0 radical (unpaired) electrons. The molecule has 6 nitrogen and oxygen atoms in total. The lowest BCUT2D eigenvalue weighted by molar-refractivity contribution is 0.0724. The van der Waals surface area contributed by atoms with Crippen LogP contribution < -0.4 is 14.4 Å². The van der Waals surface area contributed by atoms with E-state index in [1.807, 2.05) is 65.7 Å². The maximum atomic E-state index is 12.7. The topological polar surface area (TPSA) is 54.4 Å². The van der Waals surface area contributed by atoms with Gasteiger partial charge >= 0.3 is 0 Å². The first-order valence-electron chi connectivity index (χ1n) is 13.2. The first-order valence-corrected chi connectivity index (χ1v) is 13.2. The zero-order valence-electron chi connectivity index (χ0n) is 22.2. The molecule has 37 heavy (non-hydrogen) atoms. The van der Waals surface area contributed by atoms with Crippen molar-refractivity contribution in [1.82, 2.24) is 4.90 Å². The first kappa shape index (κ1) is 26.3. The molecule has 0 N–H and O–H groups in total. The fraction of sp³-hybridized carbons (Fsp3) is 0.355. The fourth-order valence-electron chi connectivity index (χ4n) is 4.56. The molecule has 1 aliphatic heterocycles. The molecular formula is C31H37N3O3. The van der Waals surface area contributed by atoms with E-state index in [1.165, 1.54) is 12.1 Å². The second kappa shape index (κ2) is 12.9. The SMILES string of the molecule is CCN(CC)c1ccc(N=Cc2ccc(OCc3ccc(C(=O)N4CCCCC4)cc3)c(OC)c2)cc1. The largest absolute Gasteiger partial charge is 0.493 e. The van der Waals surface area contributed by atoms with E-state index in [0.29, 0.717) is 18.1 Å². The van der Waals surface area contributed by atoms with E-state index in [2.05, 4.69) is 35.9 Å². The fourth-order valence-corrected chi connectivity index (χ4v) is 4.56. The van der Waals surface area contributed by atoms with Crippen LogP contribution in [-0.4, -0.2) is 50.3 Å². The lowest BCUT2D eigenvalue weighted by atomic mass is 10.1. The molecule has 0 spiro atoms. The van der Waals surface area contributed by atoms with E-state index in [9.17, 15) is 4.79 Å². The highest BCUT2D eigenvalue weighted by molar-refractivity contribution is 5.94. The molecule has 1 fully saturated rings. The molecule has 1 amide bonds. The number of carbonyl (C=O) groups excluding carboxylic acids is 1. The van der Waals surface area contributed by atoms with Gasteiger partial charge in [-0.15, -0.1) is 0 Å². The molecule has 194 valence electrons. The Kier molecular flexibility index (Phi) is 9.19. The van der Waals surface area contributed by atoms with Crippen LogP contribution in [0.3, 0.4) is 0 Å².